The van der Waals surface area contributed by atoms with Gasteiger partial charge in [0.25, 0.3) is 0 Å². The van der Waals surface area contributed by atoms with Crippen molar-refractivity contribution in [3.8, 4) is 5.75 Å². The maximum atomic E-state index is 12.4. The Labute approximate surface area is 160 Å². The van der Waals surface area contributed by atoms with Crippen LogP contribution in [0, 0.1) is 0 Å². The molecule has 3 aromatic rings. The average molecular weight is 369 g/mol. The molecule has 0 aromatic heterocycles. The van der Waals surface area contributed by atoms with E-state index in [1.807, 2.05) is 42.5 Å². The molecule has 0 saturated heterocycles. The van der Waals surface area contributed by atoms with Crippen molar-refractivity contribution >= 4 is 39.1 Å². The standard InChI is InChI=1S/C23H25ClO2/c1-2-3-4-5-6-7-12-22(25)26-23-20-11-9-8-10-17(20)15-18-13-14-19(24)16-21(18)23/h8-11,13-16H,2-7,12H2,1H3. The molecule has 0 unspecified atom stereocenters. The van der Waals surface area contributed by atoms with E-state index in [-0.39, 0.29) is 5.97 Å². The van der Waals surface area contributed by atoms with E-state index in [2.05, 4.69) is 13.0 Å². The summed E-state index contributed by atoms with van der Waals surface area (Å²) in [5.41, 5.74) is 0. The summed E-state index contributed by atoms with van der Waals surface area (Å²) in [5, 5.41) is 4.55. The van der Waals surface area contributed by atoms with E-state index in [1.54, 1.807) is 0 Å². The molecule has 0 aliphatic heterocycles. The molecule has 0 aliphatic rings. The first-order chi connectivity index (χ1) is 12.7. The van der Waals surface area contributed by atoms with Gasteiger partial charge in [0.2, 0.25) is 0 Å². The van der Waals surface area contributed by atoms with Crippen LogP contribution in [0.4, 0.5) is 0 Å². The van der Waals surface area contributed by atoms with Crippen molar-refractivity contribution in [2.45, 2.75) is 51.9 Å². The minimum atomic E-state index is -0.168. The van der Waals surface area contributed by atoms with Crippen LogP contribution in [0.5, 0.6) is 5.75 Å². The molecule has 0 atom stereocenters. The van der Waals surface area contributed by atoms with Crippen molar-refractivity contribution < 1.29 is 9.53 Å². The molecule has 2 nitrogen and oxygen atoms in total. The van der Waals surface area contributed by atoms with Gasteiger partial charge in [-0.3, -0.25) is 4.79 Å². The van der Waals surface area contributed by atoms with Crippen LogP contribution < -0.4 is 4.74 Å². The first kappa shape index (κ1) is 18.7. The summed E-state index contributed by atoms with van der Waals surface area (Å²) in [7, 11) is 0. The lowest BCUT2D eigenvalue weighted by molar-refractivity contribution is -0.134. The van der Waals surface area contributed by atoms with Crippen LogP contribution in [-0.2, 0) is 4.79 Å². The molecule has 0 fully saturated rings. The summed E-state index contributed by atoms with van der Waals surface area (Å²) in [4.78, 5) is 12.4. The molecule has 136 valence electrons. The van der Waals surface area contributed by atoms with Gasteiger partial charge in [-0.15, -0.1) is 0 Å². The number of hydrogen-bond acceptors (Lipinski definition) is 2. The number of fused-ring (bicyclic) bond motifs is 2. The number of carbonyl (C=O) groups excluding carboxylic acids is 1. The third-order valence-corrected chi connectivity index (χ3v) is 4.96. The molecule has 0 bridgehead atoms. The molecule has 0 spiro atoms. The molecule has 0 radical (unpaired) electrons. The van der Waals surface area contributed by atoms with Crippen LogP contribution in [0.25, 0.3) is 21.5 Å². The number of hydrogen-bond donors (Lipinski definition) is 0. The van der Waals surface area contributed by atoms with Crippen LogP contribution >= 0.6 is 11.6 Å². The zero-order valence-electron chi connectivity index (χ0n) is 15.3. The van der Waals surface area contributed by atoms with E-state index in [0.717, 1.165) is 34.4 Å². The second-order valence-corrected chi connectivity index (χ2v) is 7.22. The van der Waals surface area contributed by atoms with E-state index in [0.29, 0.717) is 17.2 Å². The number of benzene rings is 3. The molecule has 0 saturated carbocycles. The summed E-state index contributed by atoms with van der Waals surface area (Å²) in [5.74, 6) is 0.453. The van der Waals surface area contributed by atoms with E-state index in [1.165, 1.54) is 25.7 Å². The zero-order chi connectivity index (χ0) is 18.4. The van der Waals surface area contributed by atoms with E-state index >= 15 is 0 Å². The Morgan fingerprint density at radius 2 is 1.62 bits per heavy atom. The summed E-state index contributed by atoms with van der Waals surface area (Å²) in [6, 6.07) is 15.8. The van der Waals surface area contributed by atoms with Crippen molar-refractivity contribution in [1.82, 2.24) is 0 Å². The first-order valence-corrected chi connectivity index (χ1v) is 9.88. The smallest absolute Gasteiger partial charge is 0.311 e. The molecule has 3 aromatic carbocycles. The topological polar surface area (TPSA) is 26.3 Å². The zero-order valence-corrected chi connectivity index (χ0v) is 16.0. The van der Waals surface area contributed by atoms with E-state index in [4.69, 9.17) is 16.3 Å². The number of ether oxygens (including phenoxy) is 1. The molecule has 0 N–H and O–H groups in total. The minimum absolute atomic E-state index is 0.168. The Morgan fingerprint density at radius 1 is 0.885 bits per heavy atom. The Morgan fingerprint density at radius 3 is 2.46 bits per heavy atom. The highest BCUT2D eigenvalue weighted by Gasteiger charge is 2.13. The average Bonchev–Trinajstić information content (AvgIpc) is 2.65. The minimum Gasteiger partial charge on any atom is -0.425 e. The summed E-state index contributed by atoms with van der Waals surface area (Å²) in [6.07, 6.45) is 7.36. The number of halogens is 1. The number of rotatable bonds is 8. The Hall–Kier alpha value is -2.06. The lowest BCUT2D eigenvalue weighted by atomic mass is 10.0. The van der Waals surface area contributed by atoms with Crippen molar-refractivity contribution in [1.29, 1.82) is 0 Å². The third-order valence-electron chi connectivity index (χ3n) is 4.73. The number of esters is 1. The maximum absolute atomic E-state index is 12.4. The second kappa shape index (κ2) is 9.05. The molecule has 3 rings (SSSR count). The molecular formula is C23H25ClO2. The third kappa shape index (κ3) is 4.56. The first-order valence-electron chi connectivity index (χ1n) is 9.50. The van der Waals surface area contributed by atoms with Crippen LogP contribution in [-0.4, -0.2) is 5.97 Å². The Kier molecular flexibility index (Phi) is 6.51. The molecule has 3 heteroatoms. The van der Waals surface area contributed by atoms with Gasteiger partial charge in [-0.2, -0.15) is 0 Å². The van der Waals surface area contributed by atoms with Crippen LogP contribution in [0.1, 0.15) is 51.9 Å². The number of carbonyl (C=O) groups is 1. The predicted octanol–water partition coefficient (Wildman–Crippen LogP) is 7.30. The molecule has 0 aliphatic carbocycles. The van der Waals surface area contributed by atoms with Gasteiger partial charge >= 0.3 is 5.97 Å². The van der Waals surface area contributed by atoms with Crippen LogP contribution in [0.15, 0.2) is 48.5 Å². The Balaban J connectivity index is 1.79. The fourth-order valence-corrected chi connectivity index (χ4v) is 3.49. The lowest BCUT2D eigenvalue weighted by Crippen LogP contribution is -2.08. The molecule has 0 heterocycles. The van der Waals surface area contributed by atoms with Gasteiger partial charge in [0, 0.05) is 22.2 Å². The highest BCUT2D eigenvalue weighted by atomic mass is 35.5. The predicted molar refractivity (Wildman–Crippen MR) is 110 cm³/mol. The fourth-order valence-electron chi connectivity index (χ4n) is 3.32. The quantitative estimate of drug-likeness (QED) is 0.180. The van der Waals surface area contributed by atoms with E-state index in [9.17, 15) is 4.79 Å². The van der Waals surface area contributed by atoms with Gasteiger partial charge in [-0.05, 0) is 35.4 Å². The highest BCUT2D eigenvalue weighted by molar-refractivity contribution is 6.31. The van der Waals surface area contributed by atoms with Crippen LogP contribution in [0.3, 0.4) is 0 Å². The van der Waals surface area contributed by atoms with Gasteiger partial charge in [0.1, 0.15) is 5.75 Å². The highest BCUT2D eigenvalue weighted by Crippen LogP contribution is 2.36. The fraction of sp³-hybridized carbons (Fsp3) is 0.348. The van der Waals surface area contributed by atoms with Gasteiger partial charge < -0.3 is 4.74 Å². The van der Waals surface area contributed by atoms with E-state index < -0.39 is 0 Å². The number of unbranched alkanes of at least 4 members (excludes halogenated alkanes) is 5. The van der Waals surface area contributed by atoms with Crippen molar-refractivity contribution in [2.75, 3.05) is 0 Å². The largest absolute Gasteiger partial charge is 0.425 e. The second-order valence-electron chi connectivity index (χ2n) is 6.78. The van der Waals surface area contributed by atoms with Gasteiger partial charge in [-0.1, -0.05) is 81.0 Å². The lowest BCUT2D eigenvalue weighted by Gasteiger charge is -2.12. The SMILES string of the molecule is CCCCCCCCC(=O)Oc1c2ccccc2cc2ccc(Cl)cc12. The monoisotopic (exact) mass is 368 g/mol. The van der Waals surface area contributed by atoms with Crippen molar-refractivity contribution in [3.63, 3.8) is 0 Å². The summed E-state index contributed by atoms with van der Waals surface area (Å²) >= 11 is 6.18. The summed E-state index contributed by atoms with van der Waals surface area (Å²) < 4.78 is 5.83. The van der Waals surface area contributed by atoms with Gasteiger partial charge in [0.05, 0.1) is 0 Å². The molecule has 0 amide bonds. The van der Waals surface area contributed by atoms with Crippen LogP contribution in [0.2, 0.25) is 5.02 Å². The molecule has 26 heavy (non-hydrogen) atoms. The molecular weight excluding hydrogens is 344 g/mol. The van der Waals surface area contributed by atoms with Gasteiger partial charge in [-0.25, -0.2) is 0 Å². The van der Waals surface area contributed by atoms with Gasteiger partial charge in [0.15, 0.2) is 0 Å². The van der Waals surface area contributed by atoms with Crippen molar-refractivity contribution in [2.24, 2.45) is 0 Å². The summed E-state index contributed by atoms with van der Waals surface area (Å²) in [6.45, 7) is 2.21. The maximum Gasteiger partial charge on any atom is 0.311 e. The normalized spacial score (nSPS) is 11.2. The Bertz CT molecular complexity index is 901. The van der Waals surface area contributed by atoms with Crippen molar-refractivity contribution in [3.05, 3.63) is 53.6 Å².